The molecule has 18 heavy (non-hydrogen) atoms. The van der Waals surface area contributed by atoms with E-state index in [-0.39, 0.29) is 5.82 Å². The number of rotatable bonds is 2. The lowest BCUT2D eigenvalue weighted by Gasteiger charge is -2.19. The first-order valence-corrected chi connectivity index (χ1v) is 5.71. The molecule has 3 N–H and O–H groups in total. The SMILES string of the molecule is CC.COn1ncc(N)c1NC(=O)OC(C)(C)C. The Hall–Kier alpha value is -1.92. The van der Waals surface area contributed by atoms with E-state index in [1.807, 2.05) is 13.8 Å². The Balaban J connectivity index is 0.00000137. The zero-order valence-corrected chi connectivity index (χ0v) is 11.8. The van der Waals surface area contributed by atoms with Crippen LogP contribution in [0.25, 0.3) is 0 Å². The predicted molar refractivity (Wildman–Crippen MR) is 70.3 cm³/mol. The Morgan fingerprint density at radius 1 is 1.44 bits per heavy atom. The number of carbonyl (C=O) groups excluding carboxylic acids is 1. The van der Waals surface area contributed by atoms with E-state index in [0.717, 1.165) is 4.85 Å². The van der Waals surface area contributed by atoms with Gasteiger partial charge in [0.2, 0.25) is 0 Å². The van der Waals surface area contributed by atoms with Crippen LogP contribution in [0, 0.1) is 0 Å². The Morgan fingerprint density at radius 2 is 2.00 bits per heavy atom. The van der Waals surface area contributed by atoms with Crippen LogP contribution >= 0.6 is 0 Å². The molecule has 1 amide bonds. The second kappa shape index (κ2) is 6.73. The number of nitrogens with zero attached hydrogens (tertiary/aromatic N) is 2. The molecule has 0 bridgehead atoms. The van der Waals surface area contributed by atoms with Crippen molar-refractivity contribution in [2.45, 2.75) is 40.2 Å². The number of nitrogens with one attached hydrogen (secondary N) is 1. The van der Waals surface area contributed by atoms with Crippen molar-refractivity contribution in [1.82, 2.24) is 9.94 Å². The minimum Gasteiger partial charge on any atom is -0.444 e. The van der Waals surface area contributed by atoms with Gasteiger partial charge in [-0.15, -0.1) is 5.10 Å². The summed E-state index contributed by atoms with van der Waals surface area (Å²) in [5.41, 5.74) is 5.32. The van der Waals surface area contributed by atoms with Gasteiger partial charge in [0.25, 0.3) is 0 Å². The number of nitrogen functional groups attached to an aromatic ring is 1. The maximum Gasteiger partial charge on any atom is 0.413 e. The number of anilines is 2. The third-order valence-corrected chi connectivity index (χ3v) is 1.56. The fraction of sp³-hybridized carbons (Fsp3) is 0.636. The van der Waals surface area contributed by atoms with Gasteiger partial charge in [0.05, 0.1) is 11.9 Å². The van der Waals surface area contributed by atoms with E-state index >= 15 is 0 Å². The maximum atomic E-state index is 11.5. The molecule has 1 rings (SSSR count). The first-order valence-electron chi connectivity index (χ1n) is 5.71. The van der Waals surface area contributed by atoms with Crippen molar-refractivity contribution in [2.24, 2.45) is 0 Å². The monoisotopic (exact) mass is 258 g/mol. The molecule has 0 aliphatic rings. The summed E-state index contributed by atoms with van der Waals surface area (Å²) in [6.45, 7) is 9.30. The van der Waals surface area contributed by atoms with E-state index < -0.39 is 11.7 Å². The van der Waals surface area contributed by atoms with Crippen molar-refractivity contribution in [3.8, 4) is 0 Å². The predicted octanol–water partition coefficient (Wildman–Crippen LogP) is 1.90. The summed E-state index contributed by atoms with van der Waals surface area (Å²) in [5.74, 6) is 0.247. The number of ether oxygens (including phenoxy) is 1. The highest BCUT2D eigenvalue weighted by Crippen LogP contribution is 2.17. The topological polar surface area (TPSA) is 91.4 Å². The van der Waals surface area contributed by atoms with Gasteiger partial charge in [-0.1, -0.05) is 18.7 Å². The van der Waals surface area contributed by atoms with Crippen LogP contribution in [0.15, 0.2) is 6.20 Å². The third-order valence-electron chi connectivity index (χ3n) is 1.56. The quantitative estimate of drug-likeness (QED) is 0.845. The van der Waals surface area contributed by atoms with E-state index in [1.54, 1.807) is 20.8 Å². The maximum absolute atomic E-state index is 11.5. The molecule has 1 aromatic heterocycles. The molecular weight excluding hydrogens is 236 g/mol. The molecule has 7 nitrogen and oxygen atoms in total. The first kappa shape index (κ1) is 16.1. The Labute approximate surface area is 107 Å². The Morgan fingerprint density at radius 3 is 2.44 bits per heavy atom. The average molecular weight is 258 g/mol. The average Bonchev–Trinajstić information content (AvgIpc) is 2.60. The molecule has 104 valence electrons. The van der Waals surface area contributed by atoms with Crippen molar-refractivity contribution < 1.29 is 14.4 Å². The fourth-order valence-corrected chi connectivity index (χ4v) is 1.00. The lowest BCUT2D eigenvalue weighted by molar-refractivity contribution is 0.0626. The van der Waals surface area contributed by atoms with Crippen LogP contribution in [0.5, 0.6) is 0 Å². The minimum absolute atomic E-state index is 0.247. The number of amides is 1. The van der Waals surface area contributed by atoms with Crippen molar-refractivity contribution in [1.29, 1.82) is 0 Å². The van der Waals surface area contributed by atoms with Crippen molar-refractivity contribution in [3.05, 3.63) is 6.20 Å². The zero-order chi connectivity index (χ0) is 14.3. The minimum atomic E-state index is -0.613. The zero-order valence-electron chi connectivity index (χ0n) is 11.8. The summed E-state index contributed by atoms with van der Waals surface area (Å²) in [6.07, 6.45) is 0.758. The smallest absolute Gasteiger partial charge is 0.413 e. The number of hydrogen-bond acceptors (Lipinski definition) is 5. The number of aromatic nitrogens is 2. The summed E-state index contributed by atoms with van der Waals surface area (Å²) in [6, 6.07) is 0. The first-order chi connectivity index (χ1) is 8.33. The van der Waals surface area contributed by atoms with Gasteiger partial charge >= 0.3 is 6.09 Å². The van der Waals surface area contributed by atoms with E-state index in [1.165, 1.54) is 13.3 Å². The molecule has 0 saturated carbocycles. The summed E-state index contributed by atoms with van der Waals surface area (Å²) in [4.78, 5) is 17.4. The number of carbonyl (C=O) groups is 1. The van der Waals surface area contributed by atoms with Gasteiger partial charge in [-0.2, -0.15) is 0 Å². The Kier molecular flexibility index (Phi) is 6.01. The molecule has 0 aliphatic heterocycles. The van der Waals surface area contributed by atoms with Gasteiger partial charge in [0, 0.05) is 0 Å². The van der Waals surface area contributed by atoms with Crippen LogP contribution in [0.1, 0.15) is 34.6 Å². The summed E-state index contributed by atoms with van der Waals surface area (Å²) in [7, 11) is 1.41. The highest BCUT2D eigenvalue weighted by atomic mass is 16.7. The van der Waals surface area contributed by atoms with E-state index in [9.17, 15) is 4.79 Å². The summed E-state index contributed by atoms with van der Waals surface area (Å²) in [5, 5.41) is 6.24. The molecule has 0 unspecified atom stereocenters. The van der Waals surface area contributed by atoms with E-state index in [4.69, 9.17) is 15.3 Å². The van der Waals surface area contributed by atoms with Gasteiger partial charge in [-0.3, -0.25) is 5.32 Å². The second-order valence-electron chi connectivity index (χ2n) is 4.13. The van der Waals surface area contributed by atoms with Crippen LogP contribution in [-0.4, -0.2) is 28.7 Å². The molecule has 0 aliphatic carbocycles. The lowest BCUT2D eigenvalue weighted by atomic mass is 10.2. The molecule has 1 aromatic rings. The Bertz CT molecular complexity index is 382. The molecule has 0 atom stereocenters. The van der Waals surface area contributed by atoms with Gasteiger partial charge in [0.15, 0.2) is 5.82 Å². The number of nitrogens with two attached hydrogens (primary N) is 1. The van der Waals surface area contributed by atoms with Gasteiger partial charge < -0.3 is 15.3 Å². The summed E-state index contributed by atoms with van der Waals surface area (Å²) >= 11 is 0. The molecule has 0 aromatic carbocycles. The molecular formula is C11H22N4O3. The van der Waals surface area contributed by atoms with Crippen molar-refractivity contribution in [2.75, 3.05) is 18.2 Å². The van der Waals surface area contributed by atoms with Crippen molar-refractivity contribution >= 4 is 17.6 Å². The third kappa shape index (κ3) is 4.94. The lowest BCUT2D eigenvalue weighted by Crippen LogP contribution is -2.28. The van der Waals surface area contributed by atoms with Crippen molar-refractivity contribution in [3.63, 3.8) is 0 Å². The van der Waals surface area contributed by atoms with Crippen LogP contribution < -0.4 is 15.9 Å². The van der Waals surface area contributed by atoms with E-state index in [0.29, 0.717) is 5.69 Å². The highest BCUT2D eigenvalue weighted by molar-refractivity contribution is 5.87. The van der Waals surface area contributed by atoms with Crippen LogP contribution in [0.3, 0.4) is 0 Å². The normalized spacial score (nSPS) is 10.1. The van der Waals surface area contributed by atoms with Crippen LogP contribution in [0.4, 0.5) is 16.3 Å². The van der Waals surface area contributed by atoms with Gasteiger partial charge in [0.1, 0.15) is 12.7 Å². The largest absolute Gasteiger partial charge is 0.444 e. The van der Waals surface area contributed by atoms with E-state index in [2.05, 4.69) is 10.4 Å². The van der Waals surface area contributed by atoms with Gasteiger partial charge in [-0.25, -0.2) is 4.79 Å². The standard InChI is InChI=1S/C9H16N4O3.C2H6/c1-9(2,3)16-8(14)12-7-6(10)5-11-13(7)15-4;1-2/h5H,10H2,1-4H3,(H,12,14);1-2H3. The molecule has 0 spiro atoms. The molecule has 0 saturated heterocycles. The number of hydrogen-bond donors (Lipinski definition) is 2. The molecule has 0 fully saturated rings. The second-order valence-corrected chi connectivity index (χ2v) is 4.13. The molecule has 7 heteroatoms. The highest BCUT2D eigenvalue weighted by Gasteiger charge is 2.19. The fourth-order valence-electron chi connectivity index (χ4n) is 1.00. The van der Waals surface area contributed by atoms with Crippen LogP contribution in [0.2, 0.25) is 0 Å². The van der Waals surface area contributed by atoms with Crippen LogP contribution in [-0.2, 0) is 4.74 Å². The summed E-state index contributed by atoms with van der Waals surface area (Å²) < 4.78 is 5.06. The molecule has 1 heterocycles. The van der Waals surface area contributed by atoms with Gasteiger partial charge in [-0.05, 0) is 20.8 Å². The molecule has 0 radical (unpaired) electrons.